The van der Waals surface area contributed by atoms with Crippen molar-refractivity contribution in [1.82, 2.24) is 15.2 Å². The summed E-state index contributed by atoms with van der Waals surface area (Å²) in [5.74, 6) is 0.700. The fraction of sp³-hybridized carbons (Fsp3) is 0.500. The summed E-state index contributed by atoms with van der Waals surface area (Å²) in [6.45, 7) is 9.92. The molecule has 186 valence electrons. The first-order chi connectivity index (χ1) is 16.8. The number of rotatable bonds is 5. The Morgan fingerprint density at radius 3 is 2.44 bits per heavy atom. The molecule has 1 aliphatic heterocycles. The highest BCUT2D eigenvalue weighted by Gasteiger charge is 2.34. The smallest absolute Gasteiger partial charge is 0.0789 e. The topological polar surface area (TPSA) is 83.1 Å². The van der Waals surface area contributed by atoms with Crippen molar-refractivity contribution in [3.05, 3.63) is 52.5 Å². The summed E-state index contributed by atoms with van der Waals surface area (Å²) in [6, 6.07) is 11.3. The number of para-hydroxylation sites is 1. The number of aromatic amines is 1. The average Bonchev–Trinajstić information content (AvgIpc) is 3.61. The lowest BCUT2D eigenvalue weighted by Crippen LogP contribution is -2.54. The van der Waals surface area contributed by atoms with Gasteiger partial charge in [-0.1, -0.05) is 65.2 Å². The number of aromatic nitrogens is 1. The molecule has 1 unspecified atom stereocenters. The summed E-state index contributed by atoms with van der Waals surface area (Å²) in [6.07, 6.45) is 6.63. The Hall–Kier alpha value is -2.28. The number of benzene rings is 1. The summed E-state index contributed by atoms with van der Waals surface area (Å²) in [5, 5.41) is 9.28. The minimum atomic E-state index is 0.434. The number of hydrogen-bond donors (Lipinski definition) is 4. The van der Waals surface area contributed by atoms with Crippen LogP contribution >= 0.6 is 11.3 Å². The van der Waals surface area contributed by atoms with E-state index in [1.165, 1.54) is 54.1 Å². The molecule has 0 bridgehead atoms. The summed E-state index contributed by atoms with van der Waals surface area (Å²) in [5.41, 5.74) is 19.5. The molecule has 34 heavy (non-hydrogen) atoms. The largest absolute Gasteiger partial charge is 0.380 e. The van der Waals surface area contributed by atoms with Crippen LogP contribution in [0.5, 0.6) is 0 Å². The lowest BCUT2D eigenvalue weighted by Gasteiger charge is -2.44. The Bertz CT molecular complexity index is 1030. The standard InChI is InChI=1S/C24H31N5S.2C2H6/c25-12-21-24(27-13-22(29(21)15-26)16-5-2-1-3-6-16)20-11-17-7-4-8-19(23(17)28-20)18-9-10-30-14-18;2*1-2/h4,7-11,14,16,22,27-28H,1-3,5-6,12-13,15,25-26H2;2*1-2H3. The van der Waals surface area contributed by atoms with Crippen LogP contribution in [0.4, 0.5) is 0 Å². The molecule has 3 heterocycles. The van der Waals surface area contributed by atoms with Crippen LogP contribution in [0.1, 0.15) is 65.5 Å². The van der Waals surface area contributed by atoms with Crippen molar-refractivity contribution in [3.8, 4) is 11.1 Å². The van der Waals surface area contributed by atoms with E-state index in [0.717, 1.165) is 23.6 Å². The third kappa shape index (κ3) is 5.35. The van der Waals surface area contributed by atoms with E-state index in [1.54, 1.807) is 11.3 Å². The van der Waals surface area contributed by atoms with E-state index in [1.807, 2.05) is 27.7 Å². The molecule has 6 N–H and O–H groups in total. The van der Waals surface area contributed by atoms with Gasteiger partial charge in [0.15, 0.2) is 0 Å². The lowest BCUT2D eigenvalue weighted by molar-refractivity contribution is 0.144. The molecule has 6 heteroatoms. The van der Waals surface area contributed by atoms with E-state index in [0.29, 0.717) is 25.2 Å². The molecule has 0 spiro atoms. The molecule has 2 aromatic heterocycles. The summed E-state index contributed by atoms with van der Waals surface area (Å²) < 4.78 is 0. The molecule has 5 nitrogen and oxygen atoms in total. The third-order valence-corrected chi connectivity index (χ3v) is 7.55. The average molecular weight is 482 g/mol. The minimum absolute atomic E-state index is 0.434. The Kier molecular flexibility index (Phi) is 10.1. The van der Waals surface area contributed by atoms with E-state index in [2.05, 4.69) is 56.3 Å². The normalized spacial score (nSPS) is 18.6. The van der Waals surface area contributed by atoms with Gasteiger partial charge < -0.3 is 26.7 Å². The van der Waals surface area contributed by atoms with Crippen LogP contribution in [0.3, 0.4) is 0 Å². The second-order valence-corrected chi connectivity index (χ2v) is 9.27. The van der Waals surface area contributed by atoms with E-state index in [-0.39, 0.29) is 0 Å². The SMILES string of the molecule is CC.CC.NCC1=C(c2cc3cccc(-c4ccsc4)c3[nH]2)NCC(C2CCCCC2)N1CN. The Labute approximate surface area is 209 Å². The number of H-pyrrole nitrogens is 1. The second kappa shape index (κ2) is 13.0. The van der Waals surface area contributed by atoms with Crippen molar-refractivity contribution in [3.63, 3.8) is 0 Å². The van der Waals surface area contributed by atoms with Crippen LogP contribution < -0.4 is 16.8 Å². The monoisotopic (exact) mass is 481 g/mol. The summed E-state index contributed by atoms with van der Waals surface area (Å²) >= 11 is 1.73. The molecule has 1 aliphatic carbocycles. The van der Waals surface area contributed by atoms with Crippen LogP contribution in [-0.4, -0.2) is 35.7 Å². The van der Waals surface area contributed by atoms with Gasteiger partial charge in [-0.15, -0.1) is 0 Å². The van der Waals surface area contributed by atoms with Crippen LogP contribution in [0.15, 0.2) is 46.8 Å². The Morgan fingerprint density at radius 2 is 1.79 bits per heavy atom. The maximum atomic E-state index is 6.28. The zero-order chi connectivity index (χ0) is 24.5. The third-order valence-electron chi connectivity index (χ3n) is 6.87. The van der Waals surface area contributed by atoms with Gasteiger partial charge in [-0.3, -0.25) is 0 Å². The predicted molar refractivity (Wildman–Crippen MR) is 150 cm³/mol. The molecule has 3 aromatic rings. The van der Waals surface area contributed by atoms with E-state index in [4.69, 9.17) is 11.5 Å². The van der Waals surface area contributed by atoms with Crippen molar-refractivity contribution in [2.45, 2.75) is 65.8 Å². The zero-order valence-corrected chi connectivity index (χ0v) is 22.2. The van der Waals surface area contributed by atoms with Crippen molar-refractivity contribution >= 4 is 27.9 Å². The first-order valence-electron chi connectivity index (χ1n) is 13.1. The Morgan fingerprint density at radius 1 is 1.03 bits per heavy atom. The van der Waals surface area contributed by atoms with Gasteiger partial charge in [0.2, 0.25) is 0 Å². The Balaban J connectivity index is 0.000000771. The number of nitrogens with one attached hydrogen (secondary N) is 2. The molecule has 5 rings (SSSR count). The molecule has 1 aromatic carbocycles. The first kappa shape index (κ1) is 26.3. The van der Waals surface area contributed by atoms with Crippen LogP contribution in [0, 0.1) is 5.92 Å². The number of nitrogens with zero attached hydrogens (tertiary/aromatic N) is 1. The van der Waals surface area contributed by atoms with Crippen molar-refractivity contribution in [2.24, 2.45) is 17.4 Å². The van der Waals surface area contributed by atoms with Crippen LogP contribution in [0.2, 0.25) is 0 Å². The number of hydrogen-bond acceptors (Lipinski definition) is 5. The van der Waals surface area contributed by atoms with Gasteiger partial charge in [0.05, 0.1) is 35.3 Å². The van der Waals surface area contributed by atoms with E-state index >= 15 is 0 Å². The van der Waals surface area contributed by atoms with E-state index in [9.17, 15) is 0 Å². The molecule has 2 aliphatic rings. The van der Waals surface area contributed by atoms with Gasteiger partial charge in [0.1, 0.15) is 0 Å². The van der Waals surface area contributed by atoms with Crippen molar-refractivity contribution in [2.75, 3.05) is 19.8 Å². The highest BCUT2D eigenvalue weighted by atomic mass is 32.1. The predicted octanol–water partition coefficient (Wildman–Crippen LogP) is 6.35. The molecule has 0 saturated heterocycles. The molecule has 1 atom stereocenters. The minimum Gasteiger partial charge on any atom is -0.380 e. The summed E-state index contributed by atoms with van der Waals surface area (Å²) in [7, 11) is 0. The first-order valence-corrected chi connectivity index (χ1v) is 14.0. The molecule has 0 radical (unpaired) electrons. The molecule has 1 fully saturated rings. The highest BCUT2D eigenvalue weighted by molar-refractivity contribution is 7.08. The van der Waals surface area contributed by atoms with Gasteiger partial charge >= 0.3 is 0 Å². The molecule has 1 saturated carbocycles. The van der Waals surface area contributed by atoms with Gasteiger partial charge in [-0.2, -0.15) is 11.3 Å². The van der Waals surface area contributed by atoms with E-state index < -0.39 is 0 Å². The van der Waals surface area contributed by atoms with Crippen LogP contribution in [0.25, 0.3) is 27.7 Å². The van der Waals surface area contributed by atoms with Gasteiger partial charge in [-0.25, -0.2) is 0 Å². The maximum absolute atomic E-state index is 6.28. The zero-order valence-electron chi connectivity index (χ0n) is 21.4. The fourth-order valence-electron chi connectivity index (χ4n) is 5.37. The van der Waals surface area contributed by atoms with Crippen molar-refractivity contribution < 1.29 is 0 Å². The summed E-state index contributed by atoms with van der Waals surface area (Å²) in [4.78, 5) is 6.05. The molecular formula is C28H43N5S. The number of fused-ring (bicyclic) bond motifs is 1. The van der Waals surface area contributed by atoms with Crippen molar-refractivity contribution in [1.29, 1.82) is 0 Å². The van der Waals surface area contributed by atoms with Crippen LogP contribution in [-0.2, 0) is 0 Å². The number of thiophene rings is 1. The maximum Gasteiger partial charge on any atom is 0.0789 e. The van der Waals surface area contributed by atoms with Gasteiger partial charge in [-0.05, 0) is 47.2 Å². The highest BCUT2D eigenvalue weighted by Crippen LogP contribution is 2.36. The lowest BCUT2D eigenvalue weighted by atomic mass is 9.82. The quantitative estimate of drug-likeness (QED) is 0.342. The molecule has 0 amide bonds. The second-order valence-electron chi connectivity index (χ2n) is 8.49. The van der Waals surface area contributed by atoms with Gasteiger partial charge in [0, 0.05) is 24.0 Å². The molecular weight excluding hydrogens is 438 g/mol. The van der Waals surface area contributed by atoms with Gasteiger partial charge in [0.25, 0.3) is 0 Å². The number of nitrogens with two attached hydrogens (primary N) is 2. The fourth-order valence-corrected chi connectivity index (χ4v) is 6.02.